The zero-order chi connectivity index (χ0) is 12.3. The summed E-state index contributed by atoms with van der Waals surface area (Å²) in [5.41, 5.74) is -0.458. The highest BCUT2D eigenvalue weighted by atomic mass is 35.5. The Kier molecular flexibility index (Phi) is 3.94. The predicted octanol–water partition coefficient (Wildman–Crippen LogP) is 2.64. The molecular weight excluding hydrogens is 226 g/mol. The van der Waals surface area contributed by atoms with Crippen LogP contribution in [0.3, 0.4) is 0 Å². The van der Waals surface area contributed by atoms with Gasteiger partial charge < -0.3 is 5.11 Å². The Morgan fingerprint density at radius 2 is 2.12 bits per heavy atom. The van der Waals surface area contributed by atoms with Crippen LogP contribution in [-0.2, 0) is 10.3 Å². The quantitative estimate of drug-likeness (QED) is 0.852. The maximum Gasteiger partial charge on any atom is 0.328 e. The SMILES string of the molecule is CC(C)NC(C)(C(=O)O)c1cccc(Cl)c1. The summed E-state index contributed by atoms with van der Waals surface area (Å²) < 4.78 is 0. The monoisotopic (exact) mass is 241 g/mol. The molecule has 0 aromatic heterocycles. The number of carboxylic acids is 1. The van der Waals surface area contributed by atoms with Crippen LogP contribution in [0.25, 0.3) is 0 Å². The highest BCUT2D eigenvalue weighted by molar-refractivity contribution is 6.30. The predicted molar refractivity (Wildman–Crippen MR) is 64.7 cm³/mol. The lowest BCUT2D eigenvalue weighted by Crippen LogP contribution is -2.49. The summed E-state index contributed by atoms with van der Waals surface area (Å²) in [5, 5.41) is 12.9. The number of benzene rings is 1. The van der Waals surface area contributed by atoms with Gasteiger partial charge in [0.25, 0.3) is 0 Å². The van der Waals surface area contributed by atoms with E-state index in [1.54, 1.807) is 31.2 Å². The minimum absolute atomic E-state index is 0.0695. The number of carboxylic acid groups (broad SMARTS) is 1. The zero-order valence-corrected chi connectivity index (χ0v) is 10.4. The Morgan fingerprint density at radius 1 is 1.50 bits per heavy atom. The normalized spacial score (nSPS) is 14.8. The van der Waals surface area contributed by atoms with Crippen LogP contribution >= 0.6 is 11.6 Å². The second-order valence-electron chi connectivity index (χ2n) is 4.24. The highest BCUT2D eigenvalue weighted by Gasteiger charge is 2.35. The van der Waals surface area contributed by atoms with Gasteiger partial charge in [0.15, 0.2) is 0 Å². The molecule has 3 nitrogen and oxygen atoms in total. The maximum atomic E-state index is 11.4. The summed E-state index contributed by atoms with van der Waals surface area (Å²) in [7, 11) is 0. The zero-order valence-electron chi connectivity index (χ0n) is 9.62. The van der Waals surface area contributed by atoms with Crippen molar-refractivity contribution in [3.05, 3.63) is 34.9 Å². The fraction of sp³-hybridized carbons (Fsp3) is 0.417. The molecule has 4 heteroatoms. The van der Waals surface area contributed by atoms with Crippen LogP contribution < -0.4 is 5.32 Å². The summed E-state index contributed by atoms with van der Waals surface area (Å²) in [4.78, 5) is 11.4. The summed E-state index contributed by atoms with van der Waals surface area (Å²) in [6, 6.07) is 6.98. The van der Waals surface area contributed by atoms with Gasteiger partial charge in [0, 0.05) is 11.1 Å². The van der Waals surface area contributed by atoms with E-state index in [9.17, 15) is 9.90 Å². The van der Waals surface area contributed by atoms with Crippen molar-refractivity contribution >= 4 is 17.6 Å². The molecule has 88 valence electrons. The lowest BCUT2D eigenvalue weighted by molar-refractivity contribution is -0.144. The molecule has 1 unspecified atom stereocenters. The first-order valence-electron chi connectivity index (χ1n) is 5.13. The smallest absolute Gasteiger partial charge is 0.328 e. The molecule has 0 saturated heterocycles. The van der Waals surface area contributed by atoms with Crippen molar-refractivity contribution in [1.29, 1.82) is 0 Å². The number of halogens is 1. The lowest BCUT2D eigenvalue weighted by atomic mass is 9.91. The molecular formula is C12H16ClNO2. The Balaban J connectivity index is 3.16. The van der Waals surface area contributed by atoms with E-state index >= 15 is 0 Å². The minimum Gasteiger partial charge on any atom is -0.480 e. The maximum absolute atomic E-state index is 11.4. The number of hydrogen-bond acceptors (Lipinski definition) is 2. The van der Waals surface area contributed by atoms with E-state index in [-0.39, 0.29) is 6.04 Å². The van der Waals surface area contributed by atoms with E-state index in [2.05, 4.69) is 5.32 Å². The van der Waals surface area contributed by atoms with Gasteiger partial charge in [0.1, 0.15) is 5.54 Å². The highest BCUT2D eigenvalue weighted by Crippen LogP contribution is 2.24. The van der Waals surface area contributed by atoms with Crippen LogP contribution in [-0.4, -0.2) is 17.1 Å². The van der Waals surface area contributed by atoms with E-state index in [0.717, 1.165) is 0 Å². The molecule has 0 aliphatic rings. The van der Waals surface area contributed by atoms with Crippen LogP contribution in [0.1, 0.15) is 26.3 Å². The number of nitrogens with one attached hydrogen (secondary N) is 1. The molecule has 0 heterocycles. The van der Waals surface area contributed by atoms with Crippen molar-refractivity contribution in [1.82, 2.24) is 5.32 Å². The molecule has 0 spiro atoms. The third-order valence-electron chi connectivity index (χ3n) is 2.41. The van der Waals surface area contributed by atoms with Gasteiger partial charge in [-0.2, -0.15) is 0 Å². The largest absolute Gasteiger partial charge is 0.480 e. The molecule has 1 atom stereocenters. The van der Waals surface area contributed by atoms with Gasteiger partial charge in [-0.25, -0.2) is 4.79 Å². The van der Waals surface area contributed by atoms with Gasteiger partial charge in [0.2, 0.25) is 0 Å². The van der Waals surface area contributed by atoms with E-state index in [1.807, 2.05) is 13.8 Å². The van der Waals surface area contributed by atoms with Crippen LogP contribution in [0, 0.1) is 0 Å². The average molecular weight is 242 g/mol. The fourth-order valence-electron chi connectivity index (χ4n) is 1.65. The van der Waals surface area contributed by atoms with E-state index in [4.69, 9.17) is 11.6 Å². The Labute approximate surface area is 100 Å². The lowest BCUT2D eigenvalue weighted by Gasteiger charge is -2.29. The van der Waals surface area contributed by atoms with Gasteiger partial charge in [-0.15, -0.1) is 0 Å². The summed E-state index contributed by atoms with van der Waals surface area (Å²) in [5.74, 6) is -0.913. The minimum atomic E-state index is -1.11. The topological polar surface area (TPSA) is 49.3 Å². The fourth-order valence-corrected chi connectivity index (χ4v) is 1.84. The van der Waals surface area contributed by atoms with E-state index in [1.165, 1.54) is 0 Å². The molecule has 0 aliphatic carbocycles. The molecule has 2 N–H and O–H groups in total. The van der Waals surface area contributed by atoms with Crippen molar-refractivity contribution < 1.29 is 9.90 Å². The van der Waals surface area contributed by atoms with E-state index in [0.29, 0.717) is 10.6 Å². The van der Waals surface area contributed by atoms with Crippen molar-refractivity contribution in [2.45, 2.75) is 32.4 Å². The molecule has 1 aromatic carbocycles. The summed E-state index contributed by atoms with van der Waals surface area (Å²) in [6.07, 6.45) is 0. The molecule has 16 heavy (non-hydrogen) atoms. The molecule has 0 bridgehead atoms. The standard InChI is InChI=1S/C12H16ClNO2/c1-8(2)14-12(3,11(15)16)9-5-4-6-10(13)7-9/h4-8,14H,1-3H3,(H,15,16). The van der Waals surface area contributed by atoms with Gasteiger partial charge in [0.05, 0.1) is 0 Å². The van der Waals surface area contributed by atoms with E-state index < -0.39 is 11.5 Å². The molecule has 0 radical (unpaired) electrons. The summed E-state index contributed by atoms with van der Waals surface area (Å²) in [6.45, 7) is 5.46. The van der Waals surface area contributed by atoms with Crippen LogP contribution in [0.2, 0.25) is 5.02 Å². The second-order valence-corrected chi connectivity index (χ2v) is 4.68. The van der Waals surface area contributed by atoms with Crippen molar-refractivity contribution in [2.24, 2.45) is 0 Å². The Morgan fingerprint density at radius 3 is 2.56 bits per heavy atom. The van der Waals surface area contributed by atoms with Crippen LogP contribution in [0.15, 0.2) is 24.3 Å². The second kappa shape index (κ2) is 4.85. The van der Waals surface area contributed by atoms with Gasteiger partial charge in [-0.1, -0.05) is 23.7 Å². The molecule has 0 aliphatic heterocycles. The van der Waals surface area contributed by atoms with Crippen molar-refractivity contribution in [3.63, 3.8) is 0 Å². The summed E-state index contributed by atoms with van der Waals surface area (Å²) >= 11 is 5.87. The van der Waals surface area contributed by atoms with Gasteiger partial charge in [-0.05, 0) is 38.5 Å². The first-order valence-corrected chi connectivity index (χ1v) is 5.51. The first-order chi connectivity index (χ1) is 7.36. The number of aliphatic carboxylic acids is 1. The molecule has 0 amide bonds. The van der Waals surface area contributed by atoms with Crippen LogP contribution in [0.5, 0.6) is 0 Å². The van der Waals surface area contributed by atoms with Gasteiger partial charge >= 0.3 is 5.97 Å². The third-order valence-corrected chi connectivity index (χ3v) is 2.64. The van der Waals surface area contributed by atoms with Crippen LogP contribution in [0.4, 0.5) is 0 Å². The number of hydrogen-bond donors (Lipinski definition) is 2. The number of carbonyl (C=O) groups is 1. The van der Waals surface area contributed by atoms with Crippen molar-refractivity contribution in [3.8, 4) is 0 Å². The molecule has 1 rings (SSSR count). The average Bonchev–Trinajstić information content (AvgIpc) is 2.16. The first kappa shape index (κ1) is 13.0. The van der Waals surface area contributed by atoms with Crippen molar-refractivity contribution in [2.75, 3.05) is 0 Å². The molecule has 0 fully saturated rings. The number of rotatable bonds is 4. The Bertz CT molecular complexity index is 392. The van der Waals surface area contributed by atoms with Gasteiger partial charge in [-0.3, -0.25) is 5.32 Å². The molecule has 0 saturated carbocycles. The Hall–Kier alpha value is -1.06. The molecule has 1 aromatic rings. The third kappa shape index (κ3) is 2.74.